The van der Waals surface area contributed by atoms with Crippen molar-refractivity contribution in [2.75, 3.05) is 90.4 Å². The predicted molar refractivity (Wildman–Crippen MR) is 208 cm³/mol. The van der Waals surface area contributed by atoms with E-state index < -0.39 is 0 Å². The number of nitrogens with zero attached hydrogens (tertiary/aromatic N) is 7. The molecular formula is C40H57BrN8O4. The van der Waals surface area contributed by atoms with Gasteiger partial charge < -0.3 is 29.8 Å². The van der Waals surface area contributed by atoms with Gasteiger partial charge in [-0.1, -0.05) is 15.9 Å². The van der Waals surface area contributed by atoms with Gasteiger partial charge in [-0.05, 0) is 102 Å². The van der Waals surface area contributed by atoms with Crippen LogP contribution in [-0.2, 0) is 9.59 Å². The molecule has 0 spiro atoms. The zero-order valence-electron chi connectivity index (χ0n) is 31.6. The molecule has 6 heterocycles. The average molecular weight is 794 g/mol. The summed E-state index contributed by atoms with van der Waals surface area (Å²) in [6, 6.07) is 7.28. The van der Waals surface area contributed by atoms with Crippen molar-refractivity contribution in [2.45, 2.75) is 52.4 Å². The van der Waals surface area contributed by atoms with Gasteiger partial charge in [0.25, 0.3) is 11.8 Å². The van der Waals surface area contributed by atoms with Crippen LogP contribution in [0.1, 0.15) is 70.6 Å². The first kappa shape index (κ1) is 39.3. The van der Waals surface area contributed by atoms with Crippen LogP contribution in [-0.4, -0.2) is 149 Å². The van der Waals surface area contributed by atoms with Crippen molar-refractivity contribution in [3.63, 3.8) is 0 Å². The maximum absolute atomic E-state index is 12.8. The summed E-state index contributed by atoms with van der Waals surface area (Å²) in [5.41, 5.74) is 2.99. The molecule has 0 bridgehead atoms. The minimum atomic E-state index is -0.0412. The Hall–Kier alpha value is -3.42. The lowest BCUT2D eigenvalue weighted by molar-refractivity contribution is -0.140. The maximum Gasteiger partial charge on any atom is 0.255 e. The van der Waals surface area contributed by atoms with E-state index in [0.717, 1.165) is 88.4 Å². The molecule has 4 aliphatic heterocycles. The van der Waals surface area contributed by atoms with Crippen LogP contribution in [0.2, 0.25) is 0 Å². The lowest BCUT2D eigenvalue weighted by atomic mass is 9.97. The van der Waals surface area contributed by atoms with E-state index in [1.54, 1.807) is 28.3 Å². The molecule has 0 atom stereocenters. The highest BCUT2D eigenvalue weighted by Gasteiger charge is 2.40. The van der Waals surface area contributed by atoms with Gasteiger partial charge in [-0.3, -0.25) is 29.1 Å². The third-order valence-electron chi connectivity index (χ3n) is 11.0. The Bertz CT molecular complexity index is 1530. The van der Waals surface area contributed by atoms with Gasteiger partial charge in [0, 0.05) is 101 Å². The summed E-state index contributed by atoms with van der Waals surface area (Å²) in [6.07, 6.45) is 11.0. The summed E-state index contributed by atoms with van der Waals surface area (Å²) in [6.45, 7) is 14.3. The van der Waals surface area contributed by atoms with Gasteiger partial charge in [0.05, 0.1) is 23.0 Å². The van der Waals surface area contributed by atoms with Crippen molar-refractivity contribution in [3.8, 4) is 0 Å². The van der Waals surface area contributed by atoms with Gasteiger partial charge in [0.15, 0.2) is 0 Å². The maximum atomic E-state index is 12.8. The van der Waals surface area contributed by atoms with E-state index in [9.17, 15) is 19.2 Å². The van der Waals surface area contributed by atoms with E-state index in [1.807, 2.05) is 41.8 Å². The molecule has 1 N–H and O–H groups in total. The van der Waals surface area contributed by atoms with Gasteiger partial charge in [-0.15, -0.1) is 0 Å². The van der Waals surface area contributed by atoms with Crippen LogP contribution in [0.15, 0.2) is 36.7 Å². The fraction of sp³-hybridized carbons (Fsp3) is 0.650. The summed E-state index contributed by atoms with van der Waals surface area (Å²) in [5, 5.41) is 4.52. The number of hydrogen-bond acceptors (Lipinski definition) is 8. The van der Waals surface area contributed by atoms with Crippen molar-refractivity contribution in [1.29, 1.82) is 0 Å². The zero-order valence-corrected chi connectivity index (χ0v) is 33.1. The number of amides is 4. The molecule has 288 valence electrons. The van der Waals surface area contributed by atoms with Crippen LogP contribution in [0.4, 0.5) is 0 Å². The molecule has 6 aliphatic rings. The minimum Gasteiger partial charge on any atom is -0.341 e. The topological polar surface area (TPSA) is 122 Å². The highest BCUT2D eigenvalue weighted by atomic mass is 79.9. The third kappa shape index (κ3) is 11.3. The Morgan fingerprint density at radius 2 is 1.17 bits per heavy atom. The Kier molecular flexibility index (Phi) is 13.9. The molecular weight excluding hydrogens is 736 g/mol. The fourth-order valence-electron chi connectivity index (χ4n) is 7.05. The second-order valence-electron chi connectivity index (χ2n) is 15.6. The van der Waals surface area contributed by atoms with Crippen LogP contribution in [0.5, 0.6) is 0 Å². The second kappa shape index (κ2) is 18.8. The van der Waals surface area contributed by atoms with Gasteiger partial charge in [0.1, 0.15) is 0 Å². The molecule has 0 radical (unpaired) electrons. The molecule has 8 rings (SSSR count). The summed E-state index contributed by atoms with van der Waals surface area (Å²) in [7, 11) is 0. The number of aryl methyl sites for hydroxylation is 2. The van der Waals surface area contributed by atoms with E-state index in [2.05, 4.69) is 36.1 Å². The Morgan fingerprint density at radius 3 is 1.64 bits per heavy atom. The zero-order chi connectivity index (χ0) is 37.3. The first-order valence-electron chi connectivity index (χ1n) is 19.7. The number of carbonyl (C=O) groups is 4. The van der Waals surface area contributed by atoms with Gasteiger partial charge in [0.2, 0.25) is 11.8 Å². The number of hydrogen-bond donors (Lipinski definition) is 1. The second-order valence-corrected chi connectivity index (χ2v) is 16.3. The van der Waals surface area contributed by atoms with Crippen molar-refractivity contribution >= 4 is 39.6 Å². The summed E-state index contributed by atoms with van der Waals surface area (Å²) < 4.78 is 0. The highest BCUT2D eigenvalue weighted by Crippen LogP contribution is 2.31. The number of halogens is 1. The highest BCUT2D eigenvalue weighted by molar-refractivity contribution is 9.09. The van der Waals surface area contributed by atoms with Crippen molar-refractivity contribution < 1.29 is 19.2 Å². The van der Waals surface area contributed by atoms with Crippen LogP contribution in [0.25, 0.3) is 0 Å². The monoisotopic (exact) mass is 792 g/mol. The quantitative estimate of drug-likeness (QED) is 0.424. The summed E-state index contributed by atoms with van der Waals surface area (Å²) >= 11 is 3.38. The molecule has 2 saturated carbocycles. The Morgan fingerprint density at radius 1 is 0.642 bits per heavy atom. The molecule has 6 fully saturated rings. The number of pyridine rings is 2. The predicted octanol–water partition coefficient (Wildman–Crippen LogP) is 3.48. The van der Waals surface area contributed by atoms with E-state index in [4.69, 9.17) is 0 Å². The molecule has 53 heavy (non-hydrogen) atoms. The van der Waals surface area contributed by atoms with Gasteiger partial charge >= 0.3 is 0 Å². The summed E-state index contributed by atoms with van der Waals surface area (Å²) in [4.78, 5) is 68.2. The van der Waals surface area contributed by atoms with Crippen LogP contribution < -0.4 is 5.32 Å². The molecule has 0 aromatic carbocycles. The molecule has 4 saturated heterocycles. The Balaban J connectivity index is 0.000000162. The lowest BCUT2D eigenvalue weighted by Crippen LogP contribution is -2.56. The Labute approximate surface area is 323 Å². The molecule has 12 nitrogen and oxygen atoms in total. The standard InChI is InChI=1S/C20H28N4O2.C16H22N4O2.C4H7Br/c1-15-3-6-17(11-21-15)19(25)24-13-18(14-24)20(26)23-8-2-7-22(9-10-23)12-16-4-5-16;1-12-3-4-13(9-18-12)15(21)20-10-14(11-20)16(22)19-7-2-5-17-6-8-19;5-3-4-1-2-4/h3,6,11,16,18H,2,4-5,7-10,12-14H2,1H3;3-4,9,14,17H,2,5-8,10-11H2,1H3;4H,1-3H2. The lowest BCUT2D eigenvalue weighted by Gasteiger charge is -2.40. The third-order valence-corrected chi connectivity index (χ3v) is 11.9. The van der Waals surface area contributed by atoms with Gasteiger partial charge in [-0.2, -0.15) is 0 Å². The fourth-order valence-corrected chi connectivity index (χ4v) is 7.70. The molecule has 2 aromatic heterocycles. The van der Waals surface area contributed by atoms with Crippen LogP contribution in [0, 0.1) is 37.5 Å². The van der Waals surface area contributed by atoms with Crippen molar-refractivity contribution in [3.05, 3.63) is 59.2 Å². The number of carbonyl (C=O) groups excluding carboxylic acids is 4. The molecule has 13 heteroatoms. The van der Waals surface area contributed by atoms with Gasteiger partial charge in [-0.25, -0.2) is 0 Å². The number of aromatic nitrogens is 2. The van der Waals surface area contributed by atoms with Crippen LogP contribution in [0.3, 0.4) is 0 Å². The normalized spacial score (nSPS) is 21.1. The van der Waals surface area contributed by atoms with Crippen molar-refractivity contribution in [2.24, 2.45) is 23.7 Å². The van der Waals surface area contributed by atoms with E-state index >= 15 is 0 Å². The average Bonchev–Trinajstić information content (AvgIpc) is 4.02. The number of likely N-dealkylation sites (tertiary alicyclic amines) is 2. The molecule has 4 amide bonds. The van der Waals surface area contributed by atoms with E-state index in [-0.39, 0.29) is 35.5 Å². The largest absolute Gasteiger partial charge is 0.341 e. The summed E-state index contributed by atoms with van der Waals surface area (Å²) in [5.74, 6) is 2.24. The van der Waals surface area contributed by atoms with Crippen LogP contribution >= 0.6 is 15.9 Å². The molecule has 0 unspecified atom stereocenters. The number of alkyl halides is 1. The van der Waals surface area contributed by atoms with Crippen molar-refractivity contribution in [1.82, 2.24) is 39.8 Å². The first-order chi connectivity index (χ1) is 25.7. The molecule has 2 aromatic rings. The molecule has 2 aliphatic carbocycles. The minimum absolute atomic E-state index is 0.0203. The smallest absolute Gasteiger partial charge is 0.255 e. The van der Waals surface area contributed by atoms with E-state index in [1.165, 1.54) is 37.6 Å². The SMILES string of the molecule is BrCC1CC1.Cc1ccc(C(=O)N2CC(C(=O)N3CCCN(CC4CC4)CC3)C2)cn1.Cc1ccc(C(=O)N2CC(C(=O)N3CCCNCC3)C2)cn1. The van der Waals surface area contributed by atoms with E-state index in [0.29, 0.717) is 37.3 Å². The first-order valence-corrected chi connectivity index (χ1v) is 20.8. The number of rotatable bonds is 7. The number of nitrogens with one attached hydrogen (secondary N) is 1.